The van der Waals surface area contributed by atoms with Crippen LogP contribution in [0.25, 0.3) is 5.76 Å². The molecule has 1 saturated heterocycles. The number of hydrogen-bond donors (Lipinski definition) is 1. The smallest absolute Gasteiger partial charge is 0.301 e. The van der Waals surface area contributed by atoms with E-state index < -0.39 is 17.7 Å². The van der Waals surface area contributed by atoms with Crippen molar-refractivity contribution in [2.24, 2.45) is 0 Å². The Hall–Kier alpha value is -2.84. The van der Waals surface area contributed by atoms with Gasteiger partial charge in [0.1, 0.15) is 17.3 Å². The van der Waals surface area contributed by atoms with E-state index in [1.54, 1.807) is 24.3 Å². The van der Waals surface area contributed by atoms with Crippen LogP contribution in [0.3, 0.4) is 0 Å². The number of carbonyl (C=O) groups is 2. The monoisotopic (exact) mass is 369 g/mol. The van der Waals surface area contributed by atoms with Gasteiger partial charge in [0.05, 0.1) is 5.57 Å². The van der Waals surface area contributed by atoms with Crippen molar-refractivity contribution in [3.8, 4) is 0 Å². The molecule has 6 nitrogen and oxygen atoms in total. The standard InChI is InChI=1S/C17H11N3O3S2/c21-14(10-5-2-1-3-6-10)12-13(11-7-4-8-24-11)20(16(23)15(12)22)17-19-18-9-25-17/h1-9,13,21H/b14-12+. The highest BCUT2D eigenvalue weighted by molar-refractivity contribution is 7.13. The topological polar surface area (TPSA) is 83.4 Å². The molecule has 1 N–H and O–H groups in total. The Balaban J connectivity index is 1.93. The number of amides is 1. The van der Waals surface area contributed by atoms with Gasteiger partial charge >= 0.3 is 5.91 Å². The summed E-state index contributed by atoms with van der Waals surface area (Å²) in [4.78, 5) is 27.4. The van der Waals surface area contributed by atoms with Crippen LogP contribution in [0.15, 0.2) is 58.9 Å². The van der Waals surface area contributed by atoms with Gasteiger partial charge in [-0.2, -0.15) is 0 Å². The molecule has 0 radical (unpaired) electrons. The SMILES string of the molecule is O=C1C(=O)N(c2nncs2)C(c2cccs2)/C1=C(\O)c1ccccc1. The molecule has 0 aliphatic carbocycles. The lowest BCUT2D eigenvalue weighted by Crippen LogP contribution is -2.29. The molecule has 4 rings (SSSR count). The quantitative estimate of drug-likeness (QED) is 0.435. The number of aromatic nitrogens is 2. The van der Waals surface area contributed by atoms with Crippen molar-refractivity contribution in [2.45, 2.75) is 6.04 Å². The molecule has 3 aromatic rings. The number of ketones is 1. The van der Waals surface area contributed by atoms with Crippen LogP contribution in [0.4, 0.5) is 5.13 Å². The first-order valence-corrected chi connectivity index (χ1v) is 9.10. The summed E-state index contributed by atoms with van der Waals surface area (Å²) in [6.07, 6.45) is 0. The minimum Gasteiger partial charge on any atom is -0.507 e. The number of aliphatic hydroxyl groups is 1. The van der Waals surface area contributed by atoms with E-state index in [1.165, 1.54) is 33.1 Å². The van der Waals surface area contributed by atoms with Gasteiger partial charge in [0, 0.05) is 10.4 Å². The third-order valence-electron chi connectivity index (χ3n) is 3.86. The molecule has 1 aromatic carbocycles. The molecular formula is C17H11N3O3S2. The number of hydrogen-bond acceptors (Lipinski definition) is 7. The predicted molar refractivity (Wildman–Crippen MR) is 95.5 cm³/mol. The number of anilines is 1. The zero-order chi connectivity index (χ0) is 17.4. The Labute approximate surface area is 150 Å². The van der Waals surface area contributed by atoms with Gasteiger partial charge in [0.2, 0.25) is 5.13 Å². The number of carbonyl (C=O) groups excluding carboxylic acids is 2. The zero-order valence-electron chi connectivity index (χ0n) is 12.7. The molecule has 124 valence electrons. The maximum absolute atomic E-state index is 12.7. The Morgan fingerprint density at radius 3 is 2.52 bits per heavy atom. The van der Waals surface area contributed by atoms with Crippen molar-refractivity contribution < 1.29 is 14.7 Å². The van der Waals surface area contributed by atoms with Gasteiger partial charge in [-0.3, -0.25) is 14.5 Å². The molecule has 2 aromatic heterocycles. The van der Waals surface area contributed by atoms with Gasteiger partial charge in [-0.1, -0.05) is 47.7 Å². The first-order chi connectivity index (χ1) is 12.2. The van der Waals surface area contributed by atoms with Gasteiger partial charge in [-0.05, 0) is 11.4 Å². The van der Waals surface area contributed by atoms with Crippen LogP contribution >= 0.6 is 22.7 Å². The molecule has 1 fully saturated rings. The average Bonchev–Trinajstić information content (AvgIpc) is 3.37. The molecule has 1 amide bonds. The maximum Gasteiger partial charge on any atom is 0.301 e. The minimum atomic E-state index is -0.727. The first-order valence-electron chi connectivity index (χ1n) is 7.34. The van der Waals surface area contributed by atoms with Gasteiger partial charge in [-0.15, -0.1) is 21.5 Å². The largest absolute Gasteiger partial charge is 0.507 e. The van der Waals surface area contributed by atoms with Gasteiger partial charge in [0.15, 0.2) is 0 Å². The van der Waals surface area contributed by atoms with Gasteiger partial charge in [0.25, 0.3) is 5.78 Å². The minimum absolute atomic E-state index is 0.0638. The molecule has 8 heteroatoms. The Bertz CT molecular complexity index is 950. The molecule has 1 aliphatic rings. The summed E-state index contributed by atoms with van der Waals surface area (Å²) in [5, 5.41) is 20.6. The summed E-state index contributed by atoms with van der Waals surface area (Å²) in [6, 6.07) is 11.7. The van der Waals surface area contributed by atoms with Crippen molar-refractivity contribution >= 4 is 45.3 Å². The van der Waals surface area contributed by atoms with Gasteiger partial charge < -0.3 is 5.11 Å². The molecule has 0 saturated carbocycles. The van der Waals surface area contributed by atoms with Crippen LogP contribution in [-0.4, -0.2) is 27.0 Å². The highest BCUT2D eigenvalue weighted by Gasteiger charge is 2.48. The normalized spacial score (nSPS) is 19.5. The number of rotatable bonds is 3. The van der Waals surface area contributed by atoms with E-state index in [9.17, 15) is 14.7 Å². The molecular weight excluding hydrogens is 358 g/mol. The van der Waals surface area contributed by atoms with E-state index in [1.807, 2.05) is 23.6 Å². The van der Waals surface area contributed by atoms with E-state index in [-0.39, 0.29) is 11.3 Å². The molecule has 1 unspecified atom stereocenters. The van der Waals surface area contributed by atoms with Crippen molar-refractivity contribution in [2.75, 3.05) is 4.90 Å². The van der Waals surface area contributed by atoms with Gasteiger partial charge in [-0.25, -0.2) is 0 Å². The average molecular weight is 369 g/mol. The third kappa shape index (κ3) is 2.55. The first kappa shape index (κ1) is 15.7. The van der Waals surface area contributed by atoms with E-state index in [0.29, 0.717) is 10.7 Å². The highest BCUT2D eigenvalue weighted by Crippen LogP contribution is 2.43. The third-order valence-corrected chi connectivity index (χ3v) is 5.47. The number of aliphatic hydroxyl groups excluding tert-OH is 1. The van der Waals surface area contributed by atoms with Crippen LogP contribution in [0, 0.1) is 0 Å². The number of nitrogens with zero attached hydrogens (tertiary/aromatic N) is 3. The summed E-state index contributed by atoms with van der Waals surface area (Å²) < 4.78 is 0. The predicted octanol–water partition coefficient (Wildman–Crippen LogP) is 3.23. The van der Waals surface area contributed by atoms with Crippen molar-refractivity contribution in [3.63, 3.8) is 0 Å². The zero-order valence-corrected chi connectivity index (χ0v) is 14.3. The summed E-state index contributed by atoms with van der Waals surface area (Å²) in [6.45, 7) is 0. The second kappa shape index (κ2) is 6.23. The van der Waals surface area contributed by atoms with Crippen LogP contribution in [-0.2, 0) is 9.59 Å². The van der Waals surface area contributed by atoms with Crippen molar-refractivity contribution in [1.82, 2.24) is 10.2 Å². The Morgan fingerprint density at radius 2 is 1.88 bits per heavy atom. The second-order valence-corrected chi connectivity index (χ2v) is 7.06. The summed E-state index contributed by atoms with van der Waals surface area (Å²) in [5.41, 5.74) is 2.05. The van der Waals surface area contributed by atoms with Crippen molar-refractivity contribution in [1.29, 1.82) is 0 Å². The van der Waals surface area contributed by atoms with Crippen LogP contribution < -0.4 is 4.90 Å². The summed E-state index contributed by atoms with van der Waals surface area (Å²) in [7, 11) is 0. The van der Waals surface area contributed by atoms with Crippen LogP contribution in [0.1, 0.15) is 16.5 Å². The summed E-state index contributed by atoms with van der Waals surface area (Å²) >= 11 is 2.57. The van der Waals surface area contributed by atoms with E-state index in [0.717, 1.165) is 4.88 Å². The Kier molecular flexibility index (Phi) is 3.90. The highest BCUT2D eigenvalue weighted by atomic mass is 32.1. The number of Topliss-reactive ketones (excluding diaryl/α,β-unsaturated/α-hetero) is 1. The lowest BCUT2D eigenvalue weighted by molar-refractivity contribution is -0.132. The summed E-state index contributed by atoms with van der Waals surface area (Å²) in [5.74, 6) is -1.63. The maximum atomic E-state index is 12.7. The second-order valence-electron chi connectivity index (χ2n) is 5.27. The lowest BCUT2D eigenvalue weighted by Gasteiger charge is -2.20. The number of benzene rings is 1. The lowest BCUT2D eigenvalue weighted by atomic mass is 10.00. The molecule has 1 atom stereocenters. The van der Waals surface area contributed by atoms with E-state index in [2.05, 4.69) is 10.2 Å². The van der Waals surface area contributed by atoms with Crippen LogP contribution in [0.5, 0.6) is 0 Å². The van der Waals surface area contributed by atoms with Crippen LogP contribution in [0.2, 0.25) is 0 Å². The molecule has 3 heterocycles. The number of thiophene rings is 1. The molecule has 0 bridgehead atoms. The van der Waals surface area contributed by atoms with E-state index in [4.69, 9.17) is 0 Å². The molecule has 25 heavy (non-hydrogen) atoms. The fourth-order valence-corrected chi connectivity index (χ4v) is 4.18. The fraction of sp³-hybridized carbons (Fsp3) is 0.0588. The molecule has 0 spiro atoms. The Morgan fingerprint density at radius 1 is 1.08 bits per heavy atom. The van der Waals surface area contributed by atoms with Crippen molar-refractivity contribution in [3.05, 3.63) is 69.4 Å². The van der Waals surface area contributed by atoms with E-state index >= 15 is 0 Å². The molecule has 1 aliphatic heterocycles. The fourth-order valence-electron chi connectivity index (χ4n) is 2.77.